The number of hydrogen-bond acceptors (Lipinski definition) is 3. The van der Waals surface area contributed by atoms with Crippen LogP contribution in [0, 0.1) is 0 Å². The second kappa shape index (κ2) is 4.57. The van der Waals surface area contributed by atoms with E-state index in [4.69, 9.17) is 0 Å². The van der Waals surface area contributed by atoms with E-state index in [-0.39, 0.29) is 0 Å². The zero-order valence-corrected chi connectivity index (χ0v) is 8.74. The molecule has 78 valence electrons. The number of aromatic nitrogens is 2. The average Bonchev–Trinajstić information content (AvgIpc) is 2.63. The van der Waals surface area contributed by atoms with Crippen LogP contribution in [0.5, 0.6) is 0 Å². The van der Waals surface area contributed by atoms with E-state index >= 15 is 0 Å². The highest BCUT2D eigenvalue weighted by atomic mass is 15.5. The Morgan fingerprint density at radius 2 is 2.43 bits per heavy atom. The molecule has 0 bridgehead atoms. The Kier molecular flexibility index (Phi) is 3.16. The maximum absolute atomic E-state index is 4.16. The fraction of sp³-hybridized carbons (Fsp3) is 0.700. The highest BCUT2D eigenvalue weighted by Gasteiger charge is 2.09. The maximum Gasteiger partial charge on any atom is 0.0492 e. The van der Waals surface area contributed by atoms with Crippen LogP contribution in [0.4, 0.5) is 0 Å². The van der Waals surface area contributed by atoms with Crippen molar-refractivity contribution in [3.05, 3.63) is 18.0 Å². The van der Waals surface area contributed by atoms with Crippen LogP contribution in [-0.4, -0.2) is 34.4 Å². The van der Waals surface area contributed by atoms with Gasteiger partial charge in [0.2, 0.25) is 0 Å². The van der Waals surface area contributed by atoms with Gasteiger partial charge in [-0.3, -0.25) is 10.1 Å². The van der Waals surface area contributed by atoms with E-state index in [0.29, 0.717) is 0 Å². The number of hydrazine groups is 1. The minimum absolute atomic E-state index is 1.07. The summed E-state index contributed by atoms with van der Waals surface area (Å²) in [6.45, 7) is 3.39. The van der Waals surface area contributed by atoms with E-state index in [1.807, 2.05) is 17.9 Å². The Hall–Kier alpha value is -0.870. The lowest BCUT2D eigenvalue weighted by atomic mass is 10.2. The summed E-state index contributed by atoms with van der Waals surface area (Å²) in [6.07, 6.45) is 5.56. The first-order valence-electron chi connectivity index (χ1n) is 5.31. The summed E-state index contributed by atoms with van der Waals surface area (Å²) in [5.74, 6) is 0. The second-order valence-corrected chi connectivity index (χ2v) is 3.80. The monoisotopic (exact) mass is 194 g/mol. The summed E-state index contributed by atoms with van der Waals surface area (Å²) in [4.78, 5) is 0. The molecule has 1 saturated heterocycles. The van der Waals surface area contributed by atoms with E-state index in [0.717, 1.165) is 19.5 Å². The SMILES string of the molecule is Cn1nccc1CCN1CCCCN1. The molecule has 14 heavy (non-hydrogen) atoms. The molecule has 0 spiro atoms. The minimum Gasteiger partial charge on any atom is -0.273 e. The molecule has 1 aromatic heterocycles. The zero-order chi connectivity index (χ0) is 9.80. The molecule has 2 heterocycles. The van der Waals surface area contributed by atoms with Crippen molar-refractivity contribution in [1.82, 2.24) is 20.2 Å². The number of aryl methyl sites for hydroxylation is 1. The van der Waals surface area contributed by atoms with Crippen LogP contribution >= 0.6 is 0 Å². The van der Waals surface area contributed by atoms with Crippen molar-refractivity contribution in [1.29, 1.82) is 0 Å². The van der Waals surface area contributed by atoms with Crippen LogP contribution in [-0.2, 0) is 13.5 Å². The topological polar surface area (TPSA) is 33.1 Å². The first-order chi connectivity index (χ1) is 6.86. The predicted molar refractivity (Wildman–Crippen MR) is 55.7 cm³/mol. The predicted octanol–water partition coefficient (Wildman–Crippen LogP) is 0.563. The van der Waals surface area contributed by atoms with E-state index in [2.05, 4.69) is 21.6 Å². The summed E-state index contributed by atoms with van der Waals surface area (Å²) in [6, 6.07) is 2.09. The van der Waals surface area contributed by atoms with Crippen molar-refractivity contribution in [2.24, 2.45) is 7.05 Å². The molecule has 0 unspecified atom stereocenters. The third-order valence-electron chi connectivity index (χ3n) is 2.75. The molecule has 1 aliphatic rings. The highest BCUT2D eigenvalue weighted by molar-refractivity contribution is 5.00. The number of hydrogen-bond donors (Lipinski definition) is 1. The first kappa shape index (κ1) is 9.68. The average molecular weight is 194 g/mol. The van der Waals surface area contributed by atoms with Gasteiger partial charge in [-0.15, -0.1) is 0 Å². The molecule has 0 atom stereocenters. The Morgan fingerprint density at radius 1 is 1.50 bits per heavy atom. The van der Waals surface area contributed by atoms with Gasteiger partial charge in [0, 0.05) is 45.0 Å². The van der Waals surface area contributed by atoms with Gasteiger partial charge in [0.15, 0.2) is 0 Å². The molecular formula is C10H18N4. The second-order valence-electron chi connectivity index (χ2n) is 3.80. The van der Waals surface area contributed by atoms with Gasteiger partial charge in [-0.1, -0.05) is 0 Å². The van der Waals surface area contributed by atoms with E-state index in [1.165, 1.54) is 25.1 Å². The number of nitrogens with zero attached hydrogens (tertiary/aromatic N) is 3. The Morgan fingerprint density at radius 3 is 3.07 bits per heavy atom. The maximum atomic E-state index is 4.16. The molecule has 1 N–H and O–H groups in total. The van der Waals surface area contributed by atoms with E-state index in [9.17, 15) is 0 Å². The molecule has 4 nitrogen and oxygen atoms in total. The molecule has 0 amide bonds. The molecule has 1 fully saturated rings. The van der Waals surface area contributed by atoms with Gasteiger partial charge in [-0.2, -0.15) is 5.10 Å². The summed E-state index contributed by atoms with van der Waals surface area (Å²) in [7, 11) is 2.00. The van der Waals surface area contributed by atoms with Gasteiger partial charge < -0.3 is 0 Å². The summed E-state index contributed by atoms with van der Waals surface area (Å²) in [5.41, 5.74) is 4.71. The Balaban J connectivity index is 1.79. The molecule has 0 aromatic carbocycles. The van der Waals surface area contributed by atoms with Crippen LogP contribution < -0.4 is 5.43 Å². The summed E-state index contributed by atoms with van der Waals surface area (Å²) >= 11 is 0. The number of nitrogens with one attached hydrogen (secondary N) is 1. The molecule has 4 heteroatoms. The molecule has 2 rings (SSSR count). The molecule has 0 radical (unpaired) electrons. The van der Waals surface area contributed by atoms with Crippen molar-refractivity contribution in [3.8, 4) is 0 Å². The highest BCUT2D eigenvalue weighted by Crippen LogP contribution is 2.02. The van der Waals surface area contributed by atoms with Crippen LogP contribution in [0.1, 0.15) is 18.5 Å². The molecule has 0 saturated carbocycles. The summed E-state index contributed by atoms with van der Waals surface area (Å²) in [5, 5.41) is 6.47. The lowest BCUT2D eigenvalue weighted by Gasteiger charge is -2.27. The fourth-order valence-electron chi connectivity index (χ4n) is 1.83. The van der Waals surface area contributed by atoms with Gasteiger partial charge in [-0.25, -0.2) is 5.01 Å². The van der Waals surface area contributed by atoms with Gasteiger partial charge in [0.1, 0.15) is 0 Å². The fourth-order valence-corrected chi connectivity index (χ4v) is 1.83. The lowest BCUT2D eigenvalue weighted by molar-refractivity contribution is 0.154. The molecule has 1 aliphatic heterocycles. The van der Waals surface area contributed by atoms with E-state index in [1.54, 1.807) is 0 Å². The van der Waals surface area contributed by atoms with Gasteiger partial charge in [0.25, 0.3) is 0 Å². The smallest absolute Gasteiger partial charge is 0.0492 e. The standard InChI is InChI=1S/C10H18N4/c1-13-10(4-7-11-13)5-9-14-8-3-2-6-12-14/h4,7,12H,2-3,5-6,8-9H2,1H3. The normalized spacial score (nSPS) is 18.6. The van der Waals surface area contributed by atoms with Crippen molar-refractivity contribution in [2.45, 2.75) is 19.3 Å². The lowest BCUT2D eigenvalue weighted by Crippen LogP contribution is -2.44. The van der Waals surface area contributed by atoms with Crippen molar-refractivity contribution >= 4 is 0 Å². The zero-order valence-electron chi connectivity index (χ0n) is 8.74. The van der Waals surface area contributed by atoms with Crippen LogP contribution in [0.2, 0.25) is 0 Å². The van der Waals surface area contributed by atoms with Crippen molar-refractivity contribution < 1.29 is 0 Å². The van der Waals surface area contributed by atoms with Crippen LogP contribution in [0.25, 0.3) is 0 Å². The van der Waals surface area contributed by atoms with Crippen LogP contribution in [0.3, 0.4) is 0 Å². The largest absolute Gasteiger partial charge is 0.273 e. The van der Waals surface area contributed by atoms with Gasteiger partial charge in [0.05, 0.1) is 0 Å². The van der Waals surface area contributed by atoms with Crippen molar-refractivity contribution in [2.75, 3.05) is 19.6 Å². The Bertz CT molecular complexity index is 275. The van der Waals surface area contributed by atoms with Gasteiger partial charge in [-0.05, 0) is 18.9 Å². The molecule has 0 aliphatic carbocycles. The summed E-state index contributed by atoms with van der Waals surface area (Å²) < 4.78 is 1.95. The van der Waals surface area contributed by atoms with E-state index < -0.39 is 0 Å². The van der Waals surface area contributed by atoms with Gasteiger partial charge >= 0.3 is 0 Å². The molecular weight excluding hydrogens is 176 g/mol. The third kappa shape index (κ3) is 2.33. The molecule has 1 aromatic rings. The van der Waals surface area contributed by atoms with Crippen molar-refractivity contribution in [3.63, 3.8) is 0 Å². The van der Waals surface area contributed by atoms with Crippen LogP contribution in [0.15, 0.2) is 12.3 Å². The minimum atomic E-state index is 1.07. The third-order valence-corrected chi connectivity index (χ3v) is 2.75. The number of rotatable bonds is 3. The quantitative estimate of drug-likeness (QED) is 0.763. The first-order valence-corrected chi connectivity index (χ1v) is 5.31. The Labute approximate surface area is 84.9 Å².